The number of aliphatic carboxylic acids is 1. The highest BCUT2D eigenvalue weighted by Crippen LogP contribution is 2.21. The number of carbonyl (C=O) groups excluding carboxylic acids is 1. The first-order chi connectivity index (χ1) is 8.68. The average Bonchev–Trinajstić information content (AvgIpc) is 2.90. The summed E-state index contributed by atoms with van der Waals surface area (Å²) in [7, 11) is 0. The quantitative estimate of drug-likeness (QED) is 0.866. The Balaban J connectivity index is 2.00. The molecule has 1 fully saturated rings. The minimum atomic E-state index is -1.03. The highest BCUT2D eigenvalue weighted by atomic mass is 32.1. The number of carboxylic acids is 1. The van der Waals surface area contributed by atoms with Crippen LogP contribution >= 0.6 is 11.3 Å². The van der Waals surface area contributed by atoms with E-state index in [1.807, 2.05) is 0 Å². The van der Waals surface area contributed by atoms with E-state index in [9.17, 15) is 9.59 Å². The van der Waals surface area contributed by atoms with Crippen molar-refractivity contribution in [2.45, 2.75) is 18.9 Å². The summed E-state index contributed by atoms with van der Waals surface area (Å²) < 4.78 is 5.18. The molecule has 1 amide bonds. The van der Waals surface area contributed by atoms with Crippen LogP contribution in [0.4, 0.5) is 0 Å². The molecule has 1 aliphatic rings. The van der Waals surface area contributed by atoms with Crippen molar-refractivity contribution in [1.29, 1.82) is 0 Å². The van der Waals surface area contributed by atoms with Gasteiger partial charge in [-0.1, -0.05) is 6.07 Å². The molecular formula is C12H15NO4S. The first-order valence-corrected chi connectivity index (χ1v) is 6.71. The van der Waals surface area contributed by atoms with Gasteiger partial charge in [0.15, 0.2) is 6.04 Å². The molecular weight excluding hydrogens is 254 g/mol. The monoisotopic (exact) mass is 269 g/mol. The van der Waals surface area contributed by atoms with E-state index in [1.54, 1.807) is 17.5 Å². The highest BCUT2D eigenvalue weighted by molar-refractivity contribution is 7.10. The third kappa shape index (κ3) is 3.08. The Hall–Kier alpha value is -1.40. The molecule has 1 unspecified atom stereocenters. The second kappa shape index (κ2) is 5.97. The molecule has 1 aromatic heterocycles. The number of thiophene rings is 1. The Kier molecular flexibility index (Phi) is 4.33. The van der Waals surface area contributed by atoms with Crippen molar-refractivity contribution >= 4 is 23.2 Å². The van der Waals surface area contributed by atoms with Crippen molar-refractivity contribution < 1.29 is 19.4 Å². The average molecular weight is 269 g/mol. The highest BCUT2D eigenvalue weighted by Gasteiger charge is 2.28. The molecule has 6 heteroatoms. The van der Waals surface area contributed by atoms with E-state index >= 15 is 0 Å². The van der Waals surface area contributed by atoms with Crippen LogP contribution in [0.5, 0.6) is 0 Å². The summed E-state index contributed by atoms with van der Waals surface area (Å²) in [5.74, 6) is -1.36. The van der Waals surface area contributed by atoms with E-state index in [-0.39, 0.29) is 11.8 Å². The molecule has 0 spiro atoms. The molecule has 1 saturated heterocycles. The van der Waals surface area contributed by atoms with Gasteiger partial charge in [0.25, 0.3) is 0 Å². The number of carboxylic acid groups (broad SMARTS) is 1. The molecule has 98 valence electrons. The lowest BCUT2D eigenvalue weighted by atomic mass is 9.99. The fraction of sp³-hybridized carbons (Fsp3) is 0.500. The van der Waals surface area contributed by atoms with Crippen LogP contribution in [0.25, 0.3) is 0 Å². The Morgan fingerprint density at radius 1 is 1.44 bits per heavy atom. The van der Waals surface area contributed by atoms with Crippen molar-refractivity contribution in [2.75, 3.05) is 13.2 Å². The maximum atomic E-state index is 12.0. The van der Waals surface area contributed by atoms with Crippen LogP contribution in [0, 0.1) is 5.92 Å². The molecule has 1 aliphatic heterocycles. The van der Waals surface area contributed by atoms with Gasteiger partial charge in [-0.2, -0.15) is 0 Å². The van der Waals surface area contributed by atoms with Gasteiger partial charge < -0.3 is 15.2 Å². The van der Waals surface area contributed by atoms with Gasteiger partial charge in [-0.3, -0.25) is 4.79 Å². The number of amides is 1. The molecule has 1 atom stereocenters. The van der Waals surface area contributed by atoms with Gasteiger partial charge in [-0.05, 0) is 24.3 Å². The number of rotatable bonds is 4. The van der Waals surface area contributed by atoms with Gasteiger partial charge >= 0.3 is 5.97 Å². The predicted octanol–water partition coefficient (Wildman–Crippen LogP) is 1.42. The molecule has 5 nitrogen and oxygen atoms in total. The molecule has 0 radical (unpaired) electrons. The molecule has 2 rings (SSSR count). The Morgan fingerprint density at radius 3 is 2.72 bits per heavy atom. The van der Waals surface area contributed by atoms with Gasteiger partial charge in [-0.25, -0.2) is 4.79 Å². The third-order valence-corrected chi connectivity index (χ3v) is 3.89. The SMILES string of the molecule is O=C(NC(C(=O)O)c1cccs1)C1CCOCC1. The topological polar surface area (TPSA) is 75.6 Å². The summed E-state index contributed by atoms with van der Waals surface area (Å²) in [5, 5.41) is 13.6. The first-order valence-electron chi connectivity index (χ1n) is 5.83. The molecule has 1 aromatic rings. The lowest BCUT2D eigenvalue weighted by molar-refractivity contribution is -0.143. The largest absolute Gasteiger partial charge is 0.479 e. The zero-order valence-corrected chi connectivity index (χ0v) is 10.6. The van der Waals surface area contributed by atoms with E-state index < -0.39 is 12.0 Å². The summed E-state index contributed by atoms with van der Waals surface area (Å²) >= 11 is 1.33. The lowest BCUT2D eigenvalue weighted by Crippen LogP contribution is -2.39. The second-order valence-corrected chi connectivity index (χ2v) is 5.16. The molecule has 18 heavy (non-hydrogen) atoms. The number of carbonyl (C=O) groups is 2. The number of nitrogens with one attached hydrogen (secondary N) is 1. The van der Waals surface area contributed by atoms with Gasteiger partial charge in [0.2, 0.25) is 5.91 Å². The standard InChI is InChI=1S/C12H15NO4S/c14-11(8-3-5-17-6-4-8)13-10(12(15)16)9-2-1-7-18-9/h1-2,7-8,10H,3-6H2,(H,13,14)(H,15,16). The Morgan fingerprint density at radius 2 is 2.17 bits per heavy atom. The van der Waals surface area contributed by atoms with E-state index in [2.05, 4.69) is 5.32 Å². The molecule has 2 N–H and O–H groups in total. The Bertz CT molecular complexity index is 412. The van der Waals surface area contributed by atoms with E-state index in [0.717, 1.165) is 0 Å². The van der Waals surface area contributed by atoms with Crippen LogP contribution in [0.1, 0.15) is 23.8 Å². The zero-order chi connectivity index (χ0) is 13.0. The molecule has 0 bridgehead atoms. The van der Waals surface area contributed by atoms with Gasteiger partial charge in [0, 0.05) is 24.0 Å². The Labute approximate surface area is 109 Å². The van der Waals surface area contributed by atoms with Crippen molar-refractivity contribution in [1.82, 2.24) is 5.32 Å². The van der Waals surface area contributed by atoms with Crippen LogP contribution < -0.4 is 5.32 Å². The maximum Gasteiger partial charge on any atom is 0.331 e. The minimum Gasteiger partial charge on any atom is -0.479 e. The van der Waals surface area contributed by atoms with Crippen molar-refractivity contribution in [3.63, 3.8) is 0 Å². The van der Waals surface area contributed by atoms with Crippen LogP contribution in [-0.2, 0) is 14.3 Å². The molecule has 0 aliphatic carbocycles. The van der Waals surface area contributed by atoms with Crippen LogP contribution in [0.3, 0.4) is 0 Å². The lowest BCUT2D eigenvalue weighted by Gasteiger charge is -2.23. The fourth-order valence-corrected chi connectivity index (χ4v) is 2.70. The third-order valence-electron chi connectivity index (χ3n) is 2.95. The van der Waals surface area contributed by atoms with E-state index in [0.29, 0.717) is 30.9 Å². The van der Waals surface area contributed by atoms with E-state index in [1.165, 1.54) is 11.3 Å². The first kappa shape index (κ1) is 13.0. The summed E-state index contributed by atoms with van der Waals surface area (Å²) in [6, 6.07) is 2.55. The minimum absolute atomic E-state index is 0.138. The van der Waals surface area contributed by atoms with Crippen LogP contribution in [-0.4, -0.2) is 30.2 Å². The maximum absolute atomic E-state index is 12.0. The molecule has 0 saturated carbocycles. The van der Waals surface area contributed by atoms with Gasteiger partial charge in [0.05, 0.1) is 0 Å². The summed E-state index contributed by atoms with van der Waals surface area (Å²) in [5.41, 5.74) is 0. The zero-order valence-electron chi connectivity index (χ0n) is 9.80. The van der Waals surface area contributed by atoms with E-state index in [4.69, 9.17) is 9.84 Å². The summed E-state index contributed by atoms with van der Waals surface area (Å²) in [6.45, 7) is 1.13. The summed E-state index contributed by atoms with van der Waals surface area (Å²) in [6.07, 6.45) is 1.31. The van der Waals surface area contributed by atoms with Crippen LogP contribution in [0.2, 0.25) is 0 Å². The molecule has 0 aromatic carbocycles. The second-order valence-electron chi connectivity index (χ2n) is 4.18. The van der Waals surface area contributed by atoms with Crippen molar-refractivity contribution in [2.24, 2.45) is 5.92 Å². The normalized spacial score (nSPS) is 18.2. The van der Waals surface area contributed by atoms with Crippen molar-refractivity contribution in [3.8, 4) is 0 Å². The fourth-order valence-electron chi connectivity index (χ4n) is 1.93. The number of hydrogen-bond acceptors (Lipinski definition) is 4. The summed E-state index contributed by atoms with van der Waals surface area (Å²) in [4.78, 5) is 23.8. The van der Waals surface area contributed by atoms with Crippen molar-refractivity contribution in [3.05, 3.63) is 22.4 Å². The predicted molar refractivity (Wildman–Crippen MR) is 66.4 cm³/mol. The van der Waals surface area contributed by atoms with Crippen LogP contribution in [0.15, 0.2) is 17.5 Å². The molecule has 2 heterocycles. The smallest absolute Gasteiger partial charge is 0.331 e. The number of ether oxygens (including phenoxy) is 1. The van der Waals surface area contributed by atoms with Gasteiger partial charge in [0.1, 0.15) is 0 Å². The number of hydrogen-bond donors (Lipinski definition) is 2. The van der Waals surface area contributed by atoms with Gasteiger partial charge in [-0.15, -0.1) is 11.3 Å².